The first-order chi connectivity index (χ1) is 9.61. The molecule has 1 heterocycles. The van der Waals surface area contributed by atoms with E-state index in [0.717, 1.165) is 16.5 Å². The Morgan fingerprint density at radius 1 is 1.25 bits per heavy atom. The van der Waals surface area contributed by atoms with Crippen LogP contribution in [-0.4, -0.2) is 16.2 Å². The van der Waals surface area contributed by atoms with E-state index in [0.29, 0.717) is 30.3 Å². The van der Waals surface area contributed by atoms with Crippen LogP contribution in [0, 0.1) is 5.92 Å². The van der Waals surface area contributed by atoms with Gasteiger partial charge in [0.2, 0.25) is 11.8 Å². The Kier molecular flexibility index (Phi) is 5.31. The first kappa shape index (κ1) is 15.2. The van der Waals surface area contributed by atoms with Gasteiger partial charge in [-0.2, -0.15) is 0 Å². The van der Waals surface area contributed by atoms with E-state index >= 15 is 0 Å². The van der Waals surface area contributed by atoms with Crippen molar-refractivity contribution in [3.63, 3.8) is 0 Å². The molecule has 4 nitrogen and oxygen atoms in total. The molecule has 1 aromatic carbocycles. The zero-order valence-electron chi connectivity index (χ0n) is 12.1. The van der Waals surface area contributed by atoms with E-state index in [1.54, 1.807) is 0 Å². The van der Waals surface area contributed by atoms with Crippen molar-refractivity contribution in [1.29, 1.82) is 0 Å². The lowest BCUT2D eigenvalue weighted by atomic mass is 10.0. The minimum atomic E-state index is 0.429. The maximum absolute atomic E-state index is 5.70. The molecule has 108 valence electrons. The molecule has 20 heavy (non-hydrogen) atoms. The molecule has 0 spiro atoms. The highest BCUT2D eigenvalue weighted by Crippen LogP contribution is 2.26. The summed E-state index contributed by atoms with van der Waals surface area (Å²) < 4.78 is 6.65. The highest BCUT2D eigenvalue weighted by atomic mass is 79.9. The van der Waals surface area contributed by atoms with Crippen LogP contribution in [0.15, 0.2) is 33.2 Å². The second kappa shape index (κ2) is 6.99. The predicted octanol–water partition coefficient (Wildman–Crippen LogP) is 4.02. The van der Waals surface area contributed by atoms with Gasteiger partial charge >= 0.3 is 0 Å². The van der Waals surface area contributed by atoms with Crippen LogP contribution in [0.4, 0.5) is 0 Å². The normalized spacial score (nSPS) is 14.2. The number of hydrogen-bond donors (Lipinski definition) is 1. The maximum atomic E-state index is 5.70. The number of halogens is 1. The largest absolute Gasteiger partial charge is 0.419 e. The molecule has 0 aliphatic heterocycles. The number of rotatable bonds is 6. The number of aromatic nitrogens is 2. The highest BCUT2D eigenvalue weighted by molar-refractivity contribution is 9.10. The standard InChI is InChI=1S/C15H20BrN3O/c1-4-10(2)11(3)17-9-14-18-19-15(20-14)12-7-5-6-8-13(12)16/h5-8,10-11,17H,4,9H2,1-3H3. The molecule has 0 bridgehead atoms. The number of hydrogen-bond acceptors (Lipinski definition) is 4. The van der Waals surface area contributed by atoms with Gasteiger partial charge in [0.1, 0.15) is 0 Å². The van der Waals surface area contributed by atoms with Gasteiger partial charge in [-0.25, -0.2) is 0 Å². The predicted molar refractivity (Wildman–Crippen MR) is 83.2 cm³/mol. The van der Waals surface area contributed by atoms with Crippen molar-refractivity contribution in [1.82, 2.24) is 15.5 Å². The quantitative estimate of drug-likeness (QED) is 0.864. The van der Waals surface area contributed by atoms with Crippen LogP contribution >= 0.6 is 15.9 Å². The average Bonchev–Trinajstić information content (AvgIpc) is 2.93. The van der Waals surface area contributed by atoms with E-state index in [9.17, 15) is 0 Å². The maximum Gasteiger partial charge on any atom is 0.248 e. The van der Waals surface area contributed by atoms with Gasteiger partial charge in [-0.3, -0.25) is 0 Å². The molecule has 0 aliphatic carbocycles. The summed E-state index contributed by atoms with van der Waals surface area (Å²) in [6, 6.07) is 8.26. The molecule has 0 radical (unpaired) electrons. The van der Waals surface area contributed by atoms with Crippen molar-refractivity contribution < 1.29 is 4.42 Å². The molecule has 2 atom stereocenters. The summed E-state index contributed by atoms with van der Waals surface area (Å²) in [5.41, 5.74) is 0.918. The van der Waals surface area contributed by atoms with Crippen LogP contribution in [0.3, 0.4) is 0 Å². The molecular formula is C15H20BrN3O. The number of benzene rings is 1. The lowest BCUT2D eigenvalue weighted by Gasteiger charge is -2.18. The van der Waals surface area contributed by atoms with Gasteiger partial charge in [0.25, 0.3) is 0 Å². The molecule has 0 fully saturated rings. The third kappa shape index (κ3) is 3.67. The SMILES string of the molecule is CCC(C)C(C)NCc1nnc(-c2ccccc2Br)o1. The molecular weight excluding hydrogens is 318 g/mol. The molecule has 0 aliphatic rings. The molecule has 0 saturated heterocycles. The van der Waals surface area contributed by atoms with Gasteiger partial charge in [0.15, 0.2) is 0 Å². The Labute approximate surface area is 128 Å². The smallest absolute Gasteiger partial charge is 0.248 e. The summed E-state index contributed by atoms with van der Waals surface area (Å²) in [5, 5.41) is 11.6. The minimum absolute atomic E-state index is 0.429. The Morgan fingerprint density at radius 2 is 2.00 bits per heavy atom. The lowest BCUT2D eigenvalue weighted by Crippen LogP contribution is -2.31. The Bertz CT molecular complexity index is 556. The van der Waals surface area contributed by atoms with E-state index in [4.69, 9.17) is 4.42 Å². The van der Waals surface area contributed by atoms with Crippen molar-refractivity contribution in [2.24, 2.45) is 5.92 Å². The van der Waals surface area contributed by atoms with Crippen LogP contribution in [0.2, 0.25) is 0 Å². The van der Waals surface area contributed by atoms with Gasteiger partial charge in [-0.05, 0) is 40.9 Å². The van der Waals surface area contributed by atoms with Crippen molar-refractivity contribution in [3.05, 3.63) is 34.6 Å². The van der Waals surface area contributed by atoms with Crippen LogP contribution in [-0.2, 0) is 6.54 Å². The van der Waals surface area contributed by atoms with E-state index in [1.807, 2.05) is 24.3 Å². The number of nitrogens with one attached hydrogen (secondary N) is 1. The van der Waals surface area contributed by atoms with Crippen LogP contribution in [0.5, 0.6) is 0 Å². The molecule has 2 aromatic rings. The van der Waals surface area contributed by atoms with Gasteiger partial charge in [0.05, 0.1) is 12.1 Å². The molecule has 2 rings (SSSR count). The van der Waals surface area contributed by atoms with Gasteiger partial charge in [-0.1, -0.05) is 32.4 Å². The Hall–Kier alpha value is -1.20. The number of nitrogens with zero attached hydrogens (tertiary/aromatic N) is 2. The van der Waals surface area contributed by atoms with Gasteiger partial charge in [-0.15, -0.1) is 10.2 Å². The van der Waals surface area contributed by atoms with Crippen molar-refractivity contribution in [2.45, 2.75) is 39.8 Å². The van der Waals surface area contributed by atoms with E-state index in [1.165, 1.54) is 0 Å². The lowest BCUT2D eigenvalue weighted by molar-refractivity contribution is 0.367. The summed E-state index contributed by atoms with van der Waals surface area (Å²) in [6.45, 7) is 7.21. The second-order valence-corrected chi connectivity index (χ2v) is 5.89. The fourth-order valence-corrected chi connectivity index (χ4v) is 2.33. The van der Waals surface area contributed by atoms with Crippen LogP contribution < -0.4 is 5.32 Å². The van der Waals surface area contributed by atoms with Crippen LogP contribution in [0.1, 0.15) is 33.1 Å². The molecule has 1 aromatic heterocycles. The Morgan fingerprint density at radius 3 is 2.70 bits per heavy atom. The molecule has 2 unspecified atom stereocenters. The summed E-state index contributed by atoms with van der Waals surface area (Å²) in [5.74, 6) is 1.79. The van der Waals surface area contributed by atoms with Crippen molar-refractivity contribution in [2.75, 3.05) is 0 Å². The fourth-order valence-electron chi connectivity index (χ4n) is 1.87. The minimum Gasteiger partial charge on any atom is -0.419 e. The fraction of sp³-hybridized carbons (Fsp3) is 0.467. The molecule has 5 heteroatoms. The van der Waals surface area contributed by atoms with E-state index in [-0.39, 0.29) is 0 Å². The summed E-state index contributed by atoms with van der Waals surface area (Å²) >= 11 is 3.49. The third-order valence-corrected chi connectivity index (χ3v) is 4.34. The van der Waals surface area contributed by atoms with Gasteiger partial charge < -0.3 is 9.73 Å². The zero-order valence-corrected chi connectivity index (χ0v) is 13.6. The topological polar surface area (TPSA) is 51.0 Å². The van der Waals surface area contributed by atoms with Crippen molar-refractivity contribution >= 4 is 15.9 Å². The third-order valence-electron chi connectivity index (χ3n) is 3.64. The first-order valence-electron chi connectivity index (χ1n) is 6.92. The Balaban J connectivity index is 2.01. The summed E-state index contributed by atoms with van der Waals surface area (Å²) in [4.78, 5) is 0. The highest BCUT2D eigenvalue weighted by Gasteiger charge is 2.13. The summed E-state index contributed by atoms with van der Waals surface area (Å²) in [6.07, 6.45) is 1.15. The molecule has 1 N–H and O–H groups in total. The first-order valence-corrected chi connectivity index (χ1v) is 7.71. The second-order valence-electron chi connectivity index (χ2n) is 5.04. The van der Waals surface area contributed by atoms with E-state index < -0.39 is 0 Å². The zero-order chi connectivity index (χ0) is 14.5. The molecule has 0 amide bonds. The van der Waals surface area contributed by atoms with Gasteiger partial charge in [0, 0.05) is 10.5 Å². The summed E-state index contributed by atoms with van der Waals surface area (Å²) in [7, 11) is 0. The monoisotopic (exact) mass is 337 g/mol. The van der Waals surface area contributed by atoms with Crippen molar-refractivity contribution in [3.8, 4) is 11.5 Å². The molecule has 0 saturated carbocycles. The van der Waals surface area contributed by atoms with E-state index in [2.05, 4.69) is 52.2 Å². The van der Waals surface area contributed by atoms with Crippen LogP contribution in [0.25, 0.3) is 11.5 Å². The average molecular weight is 338 g/mol.